The number of carboxylic acid groups (broad SMARTS) is 1. The summed E-state index contributed by atoms with van der Waals surface area (Å²) in [6, 6.07) is 7.01. The minimum absolute atomic E-state index is 0.272. The topological polar surface area (TPSA) is 60.4 Å². The van der Waals surface area contributed by atoms with E-state index >= 15 is 0 Å². The summed E-state index contributed by atoms with van der Waals surface area (Å²) in [6.45, 7) is 9.72. The van der Waals surface area contributed by atoms with Gasteiger partial charge in [-0.3, -0.25) is 0 Å². The molecule has 0 unspecified atom stereocenters. The monoisotopic (exact) mass is 461 g/mol. The maximum absolute atomic E-state index is 11.1. The number of hydrogen-bond acceptors (Lipinski definition) is 4. The van der Waals surface area contributed by atoms with Crippen molar-refractivity contribution in [3.8, 4) is 0 Å². The molecule has 0 saturated carbocycles. The lowest BCUT2D eigenvalue weighted by Gasteiger charge is -2.21. The van der Waals surface area contributed by atoms with Gasteiger partial charge in [0.15, 0.2) is 0 Å². The number of aromatic carboxylic acids is 1. The van der Waals surface area contributed by atoms with E-state index in [1.54, 1.807) is 12.1 Å². The van der Waals surface area contributed by atoms with Crippen LogP contribution in [0, 0.1) is 0 Å². The molecule has 5 heteroatoms. The number of carbonyl (C=O) groups is 1. The number of hydrogen-bond donors (Lipinski definition) is 1. The van der Waals surface area contributed by atoms with E-state index in [0.717, 1.165) is 47.4 Å². The van der Waals surface area contributed by atoms with E-state index in [4.69, 9.17) is 5.11 Å². The number of carboxylic acids is 1. The smallest absolute Gasteiger partial charge is 0.101 e. The molecule has 0 atom stereocenters. The molecule has 1 N–H and O–H groups in total. The summed E-state index contributed by atoms with van der Waals surface area (Å²) < 4.78 is 0.844. The summed E-state index contributed by atoms with van der Waals surface area (Å²) in [5.74, 6) is -0.336. The van der Waals surface area contributed by atoms with Crippen molar-refractivity contribution in [1.82, 2.24) is 0 Å². The third-order valence-corrected chi connectivity index (χ3v) is 5.67. The van der Waals surface area contributed by atoms with Crippen molar-refractivity contribution in [3.63, 3.8) is 0 Å². The lowest BCUT2D eigenvalue weighted by atomic mass is 10.1. The van der Waals surface area contributed by atoms with Crippen molar-refractivity contribution < 1.29 is 19.5 Å². The first-order valence-corrected chi connectivity index (χ1v) is 12.2. The first kappa shape index (κ1) is 30.2. The third kappa shape index (κ3) is 16.8. The number of likely N-dealkylation sites (N-methyl/N-ethyl adjacent to an activating group) is 1. The van der Waals surface area contributed by atoms with Crippen molar-refractivity contribution >= 4 is 17.7 Å². The van der Waals surface area contributed by atoms with Crippen molar-refractivity contribution in [1.29, 1.82) is 0 Å². The Morgan fingerprint density at radius 2 is 1.53 bits per heavy atom. The van der Waals surface area contributed by atoms with Crippen LogP contribution in [0.2, 0.25) is 0 Å². The average molecular weight is 462 g/mol. The standard InChI is InChI=1S/C22H30O2S.C5H14NO/c1-17(2)9-7-10-18(3)11-8-12-19(4)15-16-25-21-14-6-5-13-20(21)22(23)24;1-6(2,3)4-5-7/h5-6,9,11,13-15H,7-8,10,12,16H2,1-4H3,(H,23,24);7H,4-5H2,1-3H3/q;+1/p-1/b18-11+,19-15+;. The van der Waals surface area contributed by atoms with Crippen molar-refractivity contribution in [2.24, 2.45) is 0 Å². The van der Waals surface area contributed by atoms with E-state index in [9.17, 15) is 9.90 Å². The quantitative estimate of drug-likeness (QED) is 0.262. The largest absolute Gasteiger partial charge is 0.545 e. The molecule has 1 aromatic rings. The molecule has 0 aliphatic carbocycles. The molecule has 0 spiro atoms. The van der Waals surface area contributed by atoms with Gasteiger partial charge in [-0.2, -0.15) is 0 Å². The lowest BCUT2D eigenvalue weighted by Crippen LogP contribution is -2.36. The molecule has 4 nitrogen and oxygen atoms in total. The summed E-state index contributed by atoms with van der Waals surface area (Å²) in [5, 5.41) is 19.5. The predicted molar refractivity (Wildman–Crippen MR) is 137 cm³/mol. The van der Waals surface area contributed by atoms with Gasteiger partial charge in [0.05, 0.1) is 33.7 Å². The summed E-state index contributed by atoms with van der Waals surface area (Å²) in [7, 11) is 6.16. The number of benzene rings is 1. The average Bonchev–Trinajstić information content (AvgIpc) is 2.67. The van der Waals surface area contributed by atoms with E-state index in [-0.39, 0.29) is 12.2 Å². The van der Waals surface area contributed by atoms with Crippen molar-refractivity contribution in [2.75, 3.05) is 40.0 Å². The molecule has 0 bridgehead atoms. The number of allylic oxidation sites excluding steroid dienone is 5. The second-order valence-electron chi connectivity index (χ2n) is 9.29. The fourth-order valence-corrected chi connectivity index (χ4v) is 3.70. The Balaban J connectivity index is 0.00000118. The van der Waals surface area contributed by atoms with Crippen LogP contribution in [0.5, 0.6) is 0 Å². The van der Waals surface area contributed by atoms with Gasteiger partial charge < -0.3 is 19.5 Å². The van der Waals surface area contributed by atoms with Gasteiger partial charge in [0.25, 0.3) is 0 Å². The van der Waals surface area contributed by atoms with Gasteiger partial charge in [-0.05, 0) is 59.4 Å². The zero-order chi connectivity index (χ0) is 24.6. The summed E-state index contributed by atoms with van der Waals surface area (Å²) in [5.41, 5.74) is 4.44. The van der Waals surface area contributed by atoms with Crippen LogP contribution >= 0.6 is 11.8 Å². The Bertz CT molecular complexity index is 769. The molecule has 1 aromatic carbocycles. The Labute approximate surface area is 200 Å². The first-order chi connectivity index (χ1) is 15.0. The van der Waals surface area contributed by atoms with Crippen LogP contribution in [-0.2, 0) is 0 Å². The van der Waals surface area contributed by atoms with Crippen molar-refractivity contribution in [3.05, 3.63) is 64.8 Å². The van der Waals surface area contributed by atoms with Gasteiger partial charge in [0.1, 0.15) is 6.54 Å². The van der Waals surface area contributed by atoms with E-state index in [2.05, 4.69) is 67.1 Å². The normalized spacial score (nSPS) is 12.1. The first-order valence-electron chi connectivity index (χ1n) is 11.3. The minimum Gasteiger partial charge on any atom is -0.545 e. The van der Waals surface area contributed by atoms with Gasteiger partial charge in [-0.25, -0.2) is 0 Å². The number of carbonyl (C=O) groups excluding carboxylic acids is 1. The molecule has 32 heavy (non-hydrogen) atoms. The number of aliphatic hydroxyl groups excluding tert-OH is 1. The maximum Gasteiger partial charge on any atom is 0.101 e. The van der Waals surface area contributed by atoms with Crippen LogP contribution in [0.1, 0.15) is 63.7 Å². The molecule has 0 heterocycles. The number of thioether (sulfide) groups is 1. The summed E-state index contributed by atoms with van der Waals surface area (Å²) in [4.78, 5) is 11.9. The molecule has 0 radical (unpaired) electrons. The molecule has 0 saturated heterocycles. The van der Waals surface area contributed by atoms with E-state index in [0.29, 0.717) is 0 Å². The van der Waals surface area contributed by atoms with Crippen LogP contribution in [0.4, 0.5) is 0 Å². The van der Waals surface area contributed by atoms with Crippen LogP contribution < -0.4 is 5.11 Å². The number of nitrogens with zero attached hydrogens (tertiary/aromatic N) is 1. The third-order valence-electron chi connectivity index (χ3n) is 4.67. The number of aliphatic hydroxyl groups is 1. The fraction of sp³-hybridized carbons (Fsp3) is 0.519. The van der Waals surface area contributed by atoms with Crippen LogP contribution in [0.25, 0.3) is 0 Å². The molecule has 0 fully saturated rings. The van der Waals surface area contributed by atoms with Gasteiger partial charge in [-0.15, -0.1) is 11.8 Å². The fourth-order valence-electron chi connectivity index (χ4n) is 2.67. The van der Waals surface area contributed by atoms with E-state index in [1.807, 2.05) is 12.1 Å². The van der Waals surface area contributed by atoms with Crippen LogP contribution in [0.3, 0.4) is 0 Å². The Kier molecular flexibility index (Phi) is 15.8. The molecule has 0 aliphatic rings. The minimum atomic E-state index is -1.11. The van der Waals surface area contributed by atoms with Gasteiger partial charge >= 0.3 is 0 Å². The Hall–Kier alpha value is -1.82. The second kappa shape index (κ2) is 16.8. The van der Waals surface area contributed by atoms with Gasteiger partial charge in [0, 0.05) is 16.2 Å². The van der Waals surface area contributed by atoms with Crippen molar-refractivity contribution in [2.45, 2.75) is 58.3 Å². The molecule has 0 aliphatic heterocycles. The zero-order valence-corrected chi connectivity index (χ0v) is 21.9. The van der Waals surface area contributed by atoms with Crippen LogP contribution in [0.15, 0.2) is 64.1 Å². The molecule has 1 rings (SSSR count). The zero-order valence-electron chi connectivity index (χ0n) is 21.1. The highest BCUT2D eigenvalue weighted by molar-refractivity contribution is 7.99. The number of rotatable bonds is 12. The molecule has 0 amide bonds. The van der Waals surface area contributed by atoms with Gasteiger partial charge in [0.2, 0.25) is 0 Å². The maximum atomic E-state index is 11.1. The predicted octanol–water partition coefficient (Wildman–Crippen LogP) is 5.25. The summed E-state index contributed by atoms with van der Waals surface area (Å²) >= 11 is 1.54. The molecule has 0 aromatic heterocycles. The second-order valence-corrected chi connectivity index (χ2v) is 10.4. The van der Waals surface area contributed by atoms with Crippen LogP contribution in [-0.4, -0.2) is 55.6 Å². The van der Waals surface area contributed by atoms with E-state index in [1.165, 1.54) is 28.5 Å². The highest BCUT2D eigenvalue weighted by Crippen LogP contribution is 2.23. The molecular formula is C27H43NO3S. The molecule has 180 valence electrons. The summed E-state index contributed by atoms with van der Waals surface area (Å²) in [6.07, 6.45) is 11.1. The Morgan fingerprint density at radius 1 is 0.969 bits per heavy atom. The van der Waals surface area contributed by atoms with E-state index < -0.39 is 5.97 Å². The highest BCUT2D eigenvalue weighted by Gasteiger charge is 2.03. The SMILES string of the molecule is CC(C)=CCC/C(C)=C/CC/C(C)=C/CSc1ccccc1C(=O)[O-].C[N+](C)(C)CCO. The molecular weight excluding hydrogens is 418 g/mol. The van der Waals surface area contributed by atoms with Gasteiger partial charge in [-0.1, -0.05) is 53.1 Å². The lowest BCUT2D eigenvalue weighted by molar-refractivity contribution is -0.870. The number of quaternary nitrogens is 1. The Morgan fingerprint density at radius 3 is 2.03 bits per heavy atom. The highest BCUT2D eigenvalue weighted by atomic mass is 32.2.